The lowest BCUT2D eigenvalue weighted by Crippen LogP contribution is -2.37. The molecule has 1 aromatic rings. The van der Waals surface area contributed by atoms with Crippen LogP contribution in [0.1, 0.15) is 26.3 Å². The zero-order chi connectivity index (χ0) is 15.9. The summed E-state index contributed by atoms with van der Waals surface area (Å²) < 4.78 is 22.7. The first-order valence-corrected chi connectivity index (χ1v) is 6.73. The highest BCUT2D eigenvalue weighted by molar-refractivity contribution is 6.02. The van der Waals surface area contributed by atoms with Crippen molar-refractivity contribution in [2.75, 3.05) is 13.2 Å². The molecular weight excluding hydrogens is 275 g/mol. The minimum atomic E-state index is -1.53. The summed E-state index contributed by atoms with van der Waals surface area (Å²) >= 11 is 0. The molecule has 0 aliphatic rings. The normalized spacial score (nSPS) is 11.4. The maximum atomic E-state index is 12.8. The van der Waals surface area contributed by atoms with E-state index in [1.807, 2.05) is 0 Å². The van der Waals surface area contributed by atoms with E-state index in [2.05, 4.69) is 0 Å². The number of hydrogen-bond acceptors (Lipinski definition) is 4. The van der Waals surface area contributed by atoms with Crippen molar-refractivity contribution in [2.24, 2.45) is 5.41 Å². The maximum Gasteiger partial charge on any atom is 0.327 e. The van der Waals surface area contributed by atoms with Gasteiger partial charge in [-0.1, -0.05) is 24.3 Å². The Labute approximate surface area is 123 Å². The minimum Gasteiger partial charge on any atom is -0.465 e. The number of carbonyl (C=O) groups is 2. The third-order valence-electron chi connectivity index (χ3n) is 2.88. The van der Waals surface area contributed by atoms with Crippen LogP contribution in [0, 0.1) is 11.2 Å². The molecule has 0 N–H and O–H groups in total. The van der Waals surface area contributed by atoms with Gasteiger partial charge in [0.25, 0.3) is 0 Å². The van der Waals surface area contributed by atoms with Crippen molar-refractivity contribution in [2.45, 2.75) is 20.8 Å². The van der Waals surface area contributed by atoms with E-state index in [1.54, 1.807) is 32.1 Å². The second-order valence-corrected chi connectivity index (χ2v) is 4.53. The fraction of sp³-hybridized carbons (Fsp3) is 0.375. The van der Waals surface area contributed by atoms with Crippen LogP contribution in [0.3, 0.4) is 0 Å². The van der Waals surface area contributed by atoms with Crippen LogP contribution in [-0.2, 0) is 19.1 Å². The molecule has 0 aliphatic heterocycles. The highest BCUT2D eigenvalue weighted by Gasteiger charge is 2.41. The number of hydrogen-bond donors (Lipinski definition) is 0. The molecular formula is C16H19FO4. The van der Waals surface area contributed by atoms with Crippen molar-refractivity contribution >= 4 is 18.0 Å². The van der Waals surface area contributed by atoms with Crippen molar-refractivity contribution in [3.63, 3.8) is 0 Å². The van der Waals surface area contributed by atoms with Gasteiger partial charge in [-0.15, -0.1) is 0 Å². The first-order chi connectivity index (χ1) is 9.93. The second kappa shape index (κ2) is 7.57. The zero-order valence-electron chi connectivity index (χ0n) is 12.4. The molecule has 114 valence electrons. The summed E-state index contributed by atoms with van der Waals surface area (Å²) in [5.74, 6) is -1.71. The molecule has 0 unspecified atom stereocenters. The van der Waals surface area contributed by atoms with Gasteiger partial charge in [0.2, 0.25) is 0 Å². The molecule has 0 amide bonds. The summed E-state index contributed by atoms with van der Waals surface area (Å²) in [5.41, 5.74) is -0.864. The molecule has 0 radical (unpaired) electrons. The van der Waals surface area contributed by atoms with Crippen LogP contribution in [0.2, 0.25) is 0 Å². The Morgan fingerprint density at radius 1 is 1.10 bits per heavy atom. The zero-order valence-corrected chi connectivity index (χ0v) is 12.4. The highest BCUT2D eigenvalue weighted by atomic mass is 19.1. The van der Waals surface area contributed by atoms with Gasteiger partial charge >= 0.3 is 11.9 Å². The summed E-state index contributed by atoms with van der Waals surface area (Å²) in [6.07, 6.45) is 2.98. The lowest BCUT2D eigenvalue weighted by atomic mass is 9.89. The summed E-state index contributed by atoms with van der Waals surface area (Å²) in [7, 11) is 0. The number of halogens is 1. The largest absolute Gasteiger partial charge is 0.465 e. The van der Waals surface area contributed by atoms with E-state index in [0.29, 0.717) is 5.56 Å². The number of esters is 2. The van der Waals surface area contributed by atoms with Crippen LogP contribution < -0.4 is 0 Å². The third-order valence-corrected chi connectivity index (χ3v) is 2.88. The summed E-state index contributed by atoms with van der Waals surface area (Å²) in [6.45, 7) is 5.08. The molecule has 4 nitrogen and oxygen atoms in total. The molecule has 0 fully saturated rings. The Kier molecular flexibility index (Phi) is 6.09. The van der Waals surface area contributed by atoms with Gasteiger partial charge in [0, 0.05) is 0 Å². The van der Waals surface area contributed by atoms with Gasteiger partial charge in [0.15, 0.2) is 5.41 Å². The van der Waals surface area contributed by atoms with Crippen molar-refractivity contribution in [1.82, 2.24) is 0 Å². The summed E-state index contributed by atoms with van der Waals surface area (Å²) in [4.78, 5) is 24.0. The molecule has 0 saturated carbocycles. The van der Waals surface area contributed by atoms with Crippen LogP contribution >= 0.6 is 0 Å². The van der Waals surface area contributed by atoms with E-state index in [0.717, 1.165) is 0 Å². The number of benzene rings is 1. The van der Waals surface area contributed by atoms with E-state index < -0.39 is 17.4 Å². The Balaban J connectivity index is 3.03. The molecule has 0 heterocycles. The SMILES string of the molecule is CCOC(=O)C(C)(/C=C/c1ccc(F)cc1)C(=O)OCC. The second-order valence-electron chi connectivity index (χ2n) is 4.53. The predicted molar refractivity (Wildman–Crippen MR) is 76.8 cm³/mol. The summed E-state index contributed by atoms with van der Waals surface area (Å²) in [5, 5.41) is 0. The Bertz CT molecular complexity index is 502. The van der Waals surface area contributed by atoms with E-state index >= 15 is 0 Å². The van der Waals surface area contributed by atoms with Gasteiger partial charge in [-0.3, -0.25) is 9.59 Å². The molecule has 0 saturated heterocycles. The van der Waals surface area contributed by atoms with Gasteiger partial charge in [-0.25, -0.2) is 4.39 Å². The first kappa shape index (κ1) is 16.9. The standard InChI is InChI=1S/C16H19FO4/c1-4-20-14(18)16(3,15(19)21-5-2)11-10-12-6-8-13(17)9-7-12/h6-11H,4-5H2,1-3H3/b11-10+. The van der Waals surface area contributed by atoms with Gasteiger partial charge in [-0.2, -0.15) is 0 Å². The van der Waals surface area contributed by atoms with Crippen molar-refractivity contribution < 1.29 is 23.5 Å². The number of rotatable bonds is 6. The lowest BCUT2D eigenvalue weighted by molar-refractivity contribution is -0.166. The molecule has 0 bridgehead atoms. The first-order valence-electron chi connectivity index (χ1n) is 6.73. The van der Waals surface area contributed by atoms with Crippen molar-refractivity contribution in [1.29, 1.82) is 0 Å². The van der Waals surface area contributed by atoms with E-state index in [-0.39, 0.29) is 19.0 Å². The number of carbonyl (C=O) groups excluding carboxylic acids is 2. The smallest absolute Gasteiger partial charge is 0.327 e. The molecule has 0 aliphatic carbocycles. The predicted octanol–water partition coefficient (Wildman–Crippen LogP) is 2.97. The molecule has 0 spiro atoms. The van der Waals surface area contributed by atoms with E-state index in [4.69, 9.17) is 9.47 Å². The van der Waals surface area contributed by atoms with Gasteiger partial charge in [0.1, 0.15) is 5.82 Å². The monoisotopic (exact) mass is 294 g/mol. The van der Waals surface area contributed by atoms with Crippen LogP contribution in [-0.4, -0.2) is 25.2 Å². The summed E-state index contributed by atoms with van der Waals surface area (Å²) in [6, 6.07) is 5.68. The topological polar surface area (TPSA) is 52.6 Å². The van der Waals surface area contributed by atoms with Crippen molar-refractivity contribution in [3.05, 3.63) is 41.7 Å². The van der Waals surface area contributed by atoms with Crippen LogP contribution in [0.25, 0.3) is 6.08 Å². The minimum absolute atomic E-state index is 0.165. The quantitative estimate of drug-likeness (QED) is 0.598. The Morgan fingerprint density at radius 2 is 1.57 bits per heavy atom. The molecule has 1 aromatic carbocycles. The molecule has 1 rings (SSSR count). The van der Waals surface area contributed by atoms with Crippen molar-refractivity contribution in [3.8, 4) is 0 Å². The Hall–Kier alpha value is -2.17. The lowest BCUT2D eigenvalue weighted by Gasteiger charge is -2.21. The fourth-order valence-corrected chi connectivity index (χ4v) is 1.62. The number of ether oxygens (including phenoxy) is 2. The highest BCUT2D eigenvalue weighted by Crippen LogP contribution is 2.24. The van der Waals surface area contributed by atoms with Crippen LogP contribution in [0.5, 0.6) is 0 Å². The Morgan fingerprint density at radius 3 is 2.00 bits per heavy atom. The average Bonchev–Trinajstić information content (AvgIpc) is 2.46. The third kappa shape index (κ3) is 4.41. The average molecular weight is 294 g/mol. The van der Waals surface area contributed by atoms with Crippen LogP contribution in [0.4, 0.5) is 4.39 Å². The fourth-order valence-electron chi connectivity index (χ4n) is 1.62. The van der Waals surface area contributed by atoms with Gasteiger partial charge in [-0.05, 0) is 38.5 Å². The van der Waals surface area contributed by atoms with Crippen LogP contribution in [0.15, 0.2) is 30.3 Å². The van der Waals surface area contributed by atoms with E-state index in [1.165, 1.54) is 25.1 Å². The van der Waals surface area contributed by atoms with E-state index in [9.17, 15) is 14.0 Å². The molecule has 21 heavy (non-hydrogen) atoms. The molecule has 0 atom stereocenters. The molecule has 5 heteroatoms. The van der Waals surface area contributed by atoms with Gasteiger partial charge in [0.05, 0.1) is 13.2 Å². The molecule has 0 aromatic heterocycles. The maximum absolute atomic E-state index is 12.8. The van der Waals surface area contributed by atoms with Gasteiger partial charge < -0.3 is 9.47 Å².